The Bertz CT molecular complexity index is 1130. The van der Waals surface area contributed by atoms with Crippen molar-refractivity contribution in [3.8, 4) is 0 Å². The van der Waals surface area contributed by atoms with Crippen molar-refractivity contribution in [3.05, 3.63) is 65.1 Å². The third-order valence-corrected chi connectivity index (χ3v) is 5.77. The van der Waals surface area contributed by atoms with Gasteiger partial charge in [-0.2, -0.15) is 5.10 Å². The number of carbonyl (C=O) groups excluding carboxylic acids is 2. The molecule has 3 heterocycles. The van der Waals surface area contributed by atoms with Crippen LogP contribution in [0.15, 0.2) is 41.2 Å². The maximum Gasteiger partial charge on any atom is 0.332 e. The summed E-state index contributed by atoms with van der Waals surface area (Å²) >= 11 is 0. The van der Waals surface area contributed by atoms with Crippen LogP contribution in [0.2, 0.25) is 0 Å². The van der Waals surface area contributed by atoms with Gasteiger partial charge in [0, 0.05) is 18.3 Å². The van der Waals surface area contributed by atoms with Crippen molar-refractivity contribution in [2.75, 3.05) is 11.4 Å². The molecule has 0 N–H and O–H groups in total. The molecule has 0 spiro atoms. The quantitative estimate of drug-likeness (QED) is 0.565. The first-order valence-corrected chi connectivity index (χ1v) is 10.0. The van der Waals surface area contributed by atoms with Crippen molar-refractivity contribution in [3.63, 3.8) is 0 Å². The lowest BCUT2D eigenvalue weighted by molar-refractivity contribution is -0.123. The Balaban J connectivity index is 1.54. The largest absolute Gasteiger partial charge is 0.361 e. The zero-order valence-corrected chi connectivity index (χ0v) is 17.9. The summed E-state index contributed by atoms with van der Waals surface area (Å²) in [6, 6.07) is 6.00. The average Bonchev–Trinajstić information content (AvgIpc) is 3.35. The molecule has 0 unspecified atom stereocenters. The van der Waals surface area contributed by atoms with E-state index in [-0.39, 0.29) is 18.3 Å². The molecule has 1 fully saturated rings. The van der Waals surface area contributed by atoms with Crippen LogP contribution in [0.4, 0.5) is 14.9 Å². The molecule has 1 aromatic carbocycles. The molecule has 3 amide bonds. The minimum Gasteiger partial charge on any atom is -0.361 e. The summed E-state index contributed by atoms with van der Waals surface area (Å²) in [5, 5.41) is 8.23. The van der Waals surface area contributed by atoms with Crippen LogP contribution in [0.5, 0.6) is 0 Å². The Kier molecular flexibility index (Phi) is 5.12. The van der Waals surface area contributed by atoms with E-state index in [1.54, 1.807) is 42.9 Å². The number of urea groups is 1. The smallest absolute Gasteiger partial charge is 0.332 e. The number of nitrogens with zero attached hydrogens (tertiary/aromatic N) is 5. The van der Waals surface area contributed by atoms with Gasteiger partial charge in [0.2, 0.25) is 0 Å². The van der Waals surface area contributed by atoms with Crippen LogP contribution in [-0.2, 0) is 17.8 Å². The number of carbonyl (C=O) groups is 2. The zero-order chi connectivity index (χ0) is 22.3. The van der Waals surface area contributed by atoms with Gasteiger partial charge in [-0.15, -0.1) is 0 Å². The number of amides is 3. The van der Waals surface area contributed by atoms with E-state index in [0.717, 1.165) is 16.2 Å². The van der Waals surface area contributed by atoms with E-state index in [1.807, 2.05) is 13.8 Å². The van der Waals surface area contributed by atoms with E-state index in [2.05, 4.69) is 10.3 Å². The van der Waals surface area contributed by atoms with Gasteiger partial charge in [0.1, 0.15) is 17.1 Å². The Morgan fingerprint density at radius 2 is 1.90 bits per heavy atom. The van der Waals surface area contributed by atoms with E-state index < -0.39 is 11.6 Å². The fourth-order valence-corrected chi connectivity index (χ4v) is 3.82. The molecule has 162 valence electrons. The molecule has 2 aromatic heterocycles. The van der Waals surface area contributed by atoms with Crippen LogP contribution < -0.4 is 4.90 Å². The van der Waals surface area contributed by atoms with Gasteiger partial charge in [-0.25, -0.2) is 14.1 Å². The van der Waals surface area contributed by atoms with Gasteiger partial charge in [-0.05, 0) is 45.7 Å². The maximum atomic E-state index is 14.0. The summed E-state index contributed by atoms with van der Waals surface area (Å²) in [7, 11) is 0. The lowest BCUT2D eigenvalue weighted by Gasteiger charge is -2.27. The van der Waals surface area contributed by atoms with Crippen molar-refractivity contribution in [2.24, 2.45) is 0 Å². The number of aryl methyl sites for hydroxylation is 2. The average molecular weight is 425 g/mol. The fourth-order valence-electron chi connectivity index (χ4n) is 3.82. The minimum atomic E-state index is -1.05. The molecule has 3 aromatic rings. The second kappa shape index (κ2) is 7.64. The fraction of sp³-hybridized carbons (Fsp3) is 0.364. The van der Waals surface area contributed by atoms with Crippen LogP contribution in [0, 0.1) is 19.7 Å². The molecule has 1 aliphatic rings. The van der Waals surface area contributed by atoms with Gasteiger partial charge in [0.15, 0.2) is 0 Å². The van der Waals surface area contributed by atoms with Crippen LogP contribution in [0.1, 0.15) is 36.4 Å². The van der Waals surface area contributed by atoms with Crippen molar-refractivity contribution in [1.29, 1.82) is 0 Å². The van der Waals surface area contributed by atoms with E-state index in [0.29, 0.717) is 30.0 Å². The highest BCUT2D eigenvalue weighted by molar-refractivity contribution is 6.22. The molecule has 9 heteroatoms. The van der Waals surface area contributed by atoms with E-state index in [4.69, 9.17) is 4.52 Å². The Morgan fingerprint density at radius 3 is 2.58 bits per heavy atom. The van der Waals surface area contributed by atoms with Crippen molar-refractivity contribution >= 4 is 17.6 Å². The number of aromatic nitrogens is 3. The molecule has 0 aliphatic carbocycles. The number of hydrogen-bond acceptors (Lipinski definition) is 5. The monoisotopic (exact) mass is 425 g/mol. The van der Waals surface area contributed by atoms with Gasteiger partial charge in [-0.3, -0.25) is 9.48 Å². The van der Waals surface area contributed by atoms with Crippen LogP contribution in [0.25, 0.3) is 0 Å². The maximum absolute atomic E-state index is 14.0. The van der Waals surface area contributed by atoms with E-state index >= 15 is 0 Å². The topological polar surface area (TPSA) is 84.5 Å². The second-order valence-corrected chi connectivity index (χ2v) is 8.17. The van der Waals surface area contributed by atoms with Crippen molar-refractivity contribution < 1.29 is 18.5 Å². The molecule has 0 radical (unpaired) electrons. The Hall–Kier alpha value is -3.49. The molecular formula is C22H24FN5O3. The van der Waals surface area contributed by atoms with E-state index in [1.165, 1.54) is 17.2 Å². The summed E-state index contributed by atoms with van der Waals surface area (Å²) in [5.74, 6) is 0.0296. The molecule has 0 bridgehead atoms. The molecule has 1 saturated heterocycles. The normalized spacial score (nSPS) is 15.9. The third kappa shape index (κ3) is 3.60. The molecule has 4 rings (SSSR count). The zero-order valence-electron chi connectivity index (χ0n) is 17.9. The van der Waals surface area contributed by atoms with Crippen LogP contribution >= 0.6 is 0 Å². The highest BCUT2D eigenvalue weighted by Crippen LogP contribution is 2.32. The summed E-state index contributed by atoms with van der Waals surface area (Å²) < 4.78 is 20.8. The predicted molar refractivity (Wildman–Crippen MR) is 111 cm³/mol. The van der Waals surface area contributed by atoms with Gasteiger partial charge >= 0.3 is 6.03 Å². The molecule has 0 saturated carbocycles. The van der Waals surface area contributed by atoms with Crippen molar-refractivity contribution in [2.45, 2.75) is 46.2 Å². The molecule has 8 nitrogen and oxygen atoms in total. The summed E-state index contributed by atoms with van der Waals surface area (Å²) in [6.45, 7) is 7.70. The number of hydrogen-bond donors (Lipinski definition) is 0. The first kappa shape index (κ1) is 20.8. The summed E-state index contributed by atoms with van der Waals surface area (Å²) in [5.41, 5.74) is 1.52. The van der Waals surface area contributed by atoms with Gasteiger partial charge in [0.25, 0.3) is 5.91 Å². The van der Waals surface area contributed by atoms with Gasteiger partial charge in [-0.1, -0.05) is 23.4 Å². The predicted octanol–water partition coefficient (Wildman–Crippen LogP) is 3.47. The lowest BCUT2D eigenvalue weighted by atomic mass is 10.0. The summed E-state index contributed by atoms with van der Waals surface area (Å²) in [6.07, 6.45) is 3.46. The Morgan fingerprint density at radius 1 is 1.16 bits per heavy atom. The first-order valence-electron chi connectivity index (χ1n) is 10.0. The third-order valence-electron chi connectivity index (χ3n) is 5.77. The van der Waals surface area contributed by atoms with Crippen LogP contribution in [-0.4, -0.2) is 43.9 Å². The number of benzene rings is 1. The van der Waals surface area contributed by atoms with Gasteiger partial charge < -0.3 is 9.42 Å². The SMILES string of the molecule is Cc1noc(C)c1Cn1cc(N2C(=O)N(CCc3ccccc3F)C(C)(C)C2=O)cn1. The van der Waals surface area contributed by atoms with Crippen molar-refractivity contribution in [1.82, 2.24) is 19.8 Å². The lowest BCUT2D eigenvalue weighted by Crippen LogP contribution is -2.45. The number of imide groups is 1. The molecule has 31 heavy (non-hydrogen) atoms. The second-order valence-electron chi connectivity index (χ2n) is 8.17. The molecule has 0 atom stereocenters. The summed E-state index contributed by atoms with van der Waals surface area (Å²) in [4.78, 5) is 28.9. The minimum absolute atomic E-state index is 0.224. The number of rotatable bonds is 6. The Labute approximate surface area is 179 Å². The first-order chi connectivity index (χ1) is 14.7. The highest BCUT2D eigenvalue weighted by Gasteiger charge is 2.51. The standard InChI is InChI=1S/C22H24FN5O3/c1-14-18(15(2)31-25-14)13-26-12-17(11-24-26)28-20(29)22(3,4)27(21(28)30)10-9-16-7-5-6-8-19(16)23/h5-8,11-12H,9-10,13H2,1-4H3. The highest BCUT2D eigenvalue weighted by atomic mass is 19.1. The molecule has 1 aliphatic heterocycles. The van der Waals surface area contributed by atoms with Gasteiger partial charge in [0.05, 0.1) is 24.1 Å². The molecular weight excluding hydrogens is 401 g/mol. The number of anilines is 1. The van der Waals surface area contributed by atoms with E-state index in [9.17, 15) is 14.0 Å². The number of halogens is 1. The van der Waals surface area contributed by atoms with Crippen LogP contribution in [0.3, 0.4) is 0 Å².